The summed E-state index contributed by atoms with van der Waals surface area (Å²) >= 11 is 5.88. The molecular weight excluding hydrogens is 232 g/mol. The van der Waals surface area contributed by atoms with E-state index in [0.29, 0.717) is 10.7 Å². The highest BCUT2D eigenvalue weighted by atomic mass is 35.5. The van der Waals surface area contributed by atoms with Gasteiger partial charge in [-0.25, -0.2) is 4.99 Å². The third-order valence-corrected chi connectivity index (χ3v) is 2.44. The second kappa shape index (κ2) is 5.29. The zero-order chi connectivity index (χ0) is 12.1. The molecule has 2 aromatic carbocycles. The molecule has 0 N–H and O–H groups in total. The topological polar surface area (TPSA) is 36.1 Å². The van der Waals surface area contributed by atoms with Gasteiger partial charge < -0.3 is 0 Å². The van der Waals surface area contributed by atoms with Crippen LogP contribution in [0.25, 0.3) is 0 Å². The Morgan fingerprint density at radius 2 is 1.82 bits per heavy atom. The Morgan fingerprint density at radius 1 is 1.06 bits per heavy atom. The zero-order valence-electron chi connectivity index (χ0n) is 8.97. The average Bonchev–Trinajstić information content (AvgIpc) is 2.37. The summed E-state index contributed by atoms with van der Waals surface area (Å²) in [5.74, 6) is 0. The van der Waals surface area contributed by atoms with Crippen molar-refractivity contribution in [3.8, 4) is 6.07 Å². The van der Waals surface area contributed by atoms with Crippen molar-refractivity contribution in [3.63, 3.8) is 0 Å². The van der Waals surface area contributed by atoms with Gasteiger partial charge in [0.15, 0.2) is 0 Å². The lowest BCUT2D eigenvalue weighted by atomic mass is 10.1. The van der Waals surface area contributed by atoms with Crippen LogP contribution in [-0.2, 0) is 0 Å². The number of nitrogens with zero attached hydrogens (tertiary/aromatic N) is 2. The predicted octanol–water partition coefficient (Wildman–Crippen LogP) is 3.98. The Hall–Kier alpha value is -2.11. The second-order valence-corrected chi connectivity index (χ2v) is 3.85. The van der Waals surface area contributed by atoms with Crippen LogP contribution in [0, 0.1) is 11.3 Å². The van der Waals surface area contributed by atoms with E-state index in [1.54, 1.807) is 18.2 Å². The molecule has 0 fully saturated rings. The SMILES string of the molecule is N#C/C(=N\c1ccccc1)c1cccc(Cl)c1. The van der Waals surface area contributed by atoms with Gasteiger partial charge in [-0.1, -0.05) is 41.9 Å². The Labute approximate surface area is 105 Å². The summed E-state index contributed by atoms with van der Waals surface area (Å²) in [5, 5.41) is 9.70. The maximum atomic E-state index is 9.11. The molecular formula is C14H9ClN2. The molecule has 0 aliphatic rings. The van der Waals surface area contributed by atoms with Crippen LogP contribution in [0.2, 0.25) is 5.02 Å². The fourth-order valence-electron chi connectivity index (χ4n) is 1.42. The maximum absolute atomic E-state index is 9.11. The third kappa shape index (κ3) is 2.93. The summed E-state index contributed by atoms with van der Waals surface area (Å²) in [6.45, 7) is 0. The van der Waals surface area contributed by atoms with Gasteiger partial charge in [-0.2, -0.15) is 5.26 Å². The number of hydrogen-bond donors (Lipinski definition) is 0. The van der Waals surface area contributed by atoms with Gasteiger partial charge in [0.2, 0.25) is 0 Å². The normalized spacial score (nSPS) is 10.9. The molecule has 0 saturated carbocycles. The predicted molar refractivity (Wildman–Crippen MR) is 69.7 cm³/mol. The molecule has 0 heterocycles. The van der Waals surface area contributed by atoms with Crippen LogP contribution in [0.15, 0.2) is 59.6 Å². The Bertz CT molecular complexity index is 583. The van der Waals surface area contributed by atoms with Crippen molar-refractivity contribution in [1.82, 2.24) is 0 Å². The molecule has 0 aromatic heterocycles. The van der Waals surface area contributed by atoms with E-state index in [9.17, 15) is 0 Å². The van der Waals surface area contributed by atoms with Crippen LogP contribution < -0.4 is 0 Å². The van der Waals surface area contributed by atoms with Crippen molar-refractivity contribution in [2.45, 2.75) is 0 Å². The second-order valence-electron chi connectivity index (χ2n) is 3.42. The summed E-state index contributed by atoms with van der Waals surface area (Å²) < 4.78 is 0. The minimum atomic E-state index is 0.360. The van der Waals surface area contributed by atoms with Gasteiger partial charge in [-0.05, 0) is 24.3 Å². The minimum absolute atomic E-state index is 0.360. The Morgan fingerprint density at radius 3 is 2.47 bits per heavy atom. The molecule has 0 aliphatic carbocycles. The summed E-state index contributed by atoms with van der Waals surface area (Å²) in [6.07, 6.45) is 0. The molecule has 0 amide bonds. The van der Waals surface area contributed by atoms with E-state index in [2.05, 4.69) is 11.1 Å². The number of rotatable bonds is 2. The van der Waals surface area contributed by atoms with Crippen molar-refractivity contribution in [1.29, 1.82) is 5.26 Å². The van der Waals surface area contributed by atoms with Crippen molar-refractivity contribution >= 4 is 23.0 Å². The lowest BCUT2D eigenvalue weighted by molar-refractivity contribution is 1.48. The number of aliphatic imine (C=N–C) groups is 1. The summed E-state index contributed by atoms with van der Waals surface area (Å²) in [4.78, 5) is 4.29. The number of halogens is 1. The molecule has 0 saturated heterocycles. The van der Waals surface area contributed by atoms with Crippen LogP contribution >= 0.6 is 11.6 Å². The molecule has 3 heteroatoms. The molecule has 0 bridgehead atoms. The largest absolute Gasteiger partial charge is 0.237 e. The van der Waals surface area contributed by atoms with E-state index < -0.39 is 0 Å². The first kappa shape index (κ1) is 11.4. The van der Waals surface area contributed by atoms with Crippen molar-refractivity contribution in [2.75, 3.05) is 0 Å². The maximum Gasteiger partial charge on any atom is 0.148 e. The van der Waals surface area contributed by atoms with Crippen LogP contribution in [-0.4, -0.2) is 5.71 Å². The highest BCUT2D eigenvalue weighted by molar-refractivity contribution is 6.31. The van der Waals surface area contributed by atoms with Gasteiger partial charge in [0.05, 0.1) is 5.69 Å². The van der Waals surface area contributed by atoms with Gasteiger partial charge in [0.1, 0.15) is 11.8 Å². The van der Waals surface area contributed by atoms with Gasteiger partial charge in [0, 0.05) is 10.6 Å². The monoisotopic (exact) mass is 240 g/mol. The van der Waals surface area contributed by atoms with E-state index in [0.717, 1.165) is 11.3 Å². The first-order valence-electron chi connectivity index (χ1n) is 5.09. The van der Waals surface area contributed by atoms with E-state index in [1.165, 1.54) is 0 Å². The highest BCUT2D eigenvalue weighted by Gasteiger charge is 2.03. The molecule has 82 valence electrons. The van der Waals surface area contributed by atoms with E-state index >= 15 is 0 Å². The molecule has 0 aliphatic heterocycles. The molecule has 17 heavy (non-hydrogen) atoms. The van der Waals surface area contributed by atoms with Crippen molar-refractivity contribution in [2.24, 2.45) is 4.99 Å². The van der Waals surface area contributed by atoms with Crippen LogP contribution in [0.4, 0.5) is 5.69 Å². The molecule has 0 radical (unpaired) electrons. The summed E-state index contributed by atoms with van der Waals surface area (Å²) in [7, 11) is 0. The Kier molecular flexibility index (Phi) is 3.54. The Balaban J connectivity index is 2.42. The standard InChI is InChI=1S/C14H9ClN2/c15-12-6-4-5-11(9-12)14(10-16)17-13-7-2-1-3-8-13/h1-9H/b17-14+. The van der Waals surface area contributed by atoms with E-state index in [1.807, 2.05) is 36.4 Å². The van der Waals surface area contributed by atoms with Crippen LogP contribution in [0.1, 0.15) is 5.56 Å². The van der Waals surface area contributed by atoms with Crippen molar-refractivity contribution in [3.05, 3.63) is 65.2 Å². The van der Waals surface area contributed by atoms with Gasteiger partial charge in [-0.15, -0.1) is 0 Å². The van der Waals surface area contributed by atoms with Crippen molar-refractivity contribution < 1.29 is 0 Å². The quantitative estimate of drug-likeness (QED) is 0.732. The fourth-order valence-corrected chi connectivity index (χ4v) is 1.61. The van der Waals surface area contributed by atoms with Gasteiger partial charge >= 0.3 is 0 Å². The first-order valence-corrected chi connectivity index (χ1v) is 5.47. The number of nitriles is 1. The first-order chi connectivity index (χ1) is 8.29. The zero-order valence-corrected chi connectivity index (χ0v) is 9.72. The lowest BCUT2D eigenvalue weighted by Crippen LogP contribution is -1.96. The smallest absolute Gasteiger partial charge is 0.148 e. The highest BCUT2D eigenvalue weighted by Crippen LogP contribution is 2.15. The summed E-state index contributed by atoms with van der Waals surface area (Å²) in [5.41, 5.74) is 1.84. The fraction of sp³-hybridized carbons (Fsp3) is 0. The van der Waals surface area contributed by atoms with E-state index in [-0.39, 0.29) is 0 Å². The molecule has 0 unspecified atom stereocenters. The molecule has 2 aromatic rings. The van der Waals surface area contributed by atoms with Crippen LogP contribution in [0.3, 0.4) is 0 Å². The average molecular weight is 241 g/mol. The number of para-hydroxylation sites is 1. The molecule has 0 spiro atoms. The molecule has 2 nitrogen and oxygen atoms in total. The van der Waals surface area contributed by atoms with Crippen LogP contribution in [0.5, 0.6) is 0 Å². The van der Waals surface area contributed by atoms with Gasteiger partial charge in [0.25, 0.3) is 0 Å². The summed E-state index contributed by atoms with van der Waals surface area (Å²) in [6, 6.07) is 18.6. The van der Waals surface area contributed by atoms with E-state index in [4.69, 9.17) is 16.9 Å². The number of hydrogen-bond acceptors (Lipinski definition) is 2. The number of benzene rings is 2. The van der Waals surface area contributed by atoms with Gasteiger partial charge in [-0.3, -0.25) is 0 Å². The third-order valence-electron chi connectivity index (χ3n) is 2.20. The minimum Gasteiger partial charge on any atom is -0.237 e. The lowest BCUT2D eigenvalue weighted by Gasteiger charge is -1.99. The molecule has 2 rings (SSSR count). The molecule has 0 atom stereocenters.